The van der Waals surface area contributed by atoms with Gasteiger partial charge in [-0.1, -0.05) is 13.0 Å². The molecule has 4 nitrogen and oxygen atoms in total. The maximum Gasteiger partial charge on any atom is 0.113 e. The number of nitrogens with one attached hydrogen (secondary N) is 1. The lowest BCUT2D eigenvalue weighted by Gasteiger charge is -2.15. The zero-order chi connectivity index (χ0) is 12.9. The number of nitrogens with zero attached hydrogens (tertiary/aromatic N) is 1. The third kappa shape index (κ3) is 1.60. The van der Waals surface area contributed by atoms with Crippen LogP contribution in [0.5, 0.6) is 0 Å². The fraction of sp³-hybridized carbons (Fsp3) is 0.500. The number of H-pyrrole nitrogens is 1. The van der Waals surface area contributed by atoms with E-state index in [1.165, 1.54) is 0 Å². The molecule has 18 heavy (non-hydrogen) atoms. The second-order valence-electron chi connectivity index (χ2n) is 5.30. The molecule has 4 heteroatoms. The van der Waals surface area contributed by atoms with E-state index in [1.807, 2.05) is 18.2 Å². The van der Waals surface area contributed by atoms with Crippen LogP contribution in [-0.4, -0.2) is 22.2 Å². The van der Waals surface area contributed by atoms with Gasteiger partial charge in [-0.25, -0.2) is 4.98 Å². The molecule has 0 aliphatic carbocycles. The van der Waals surface area contributed by atoms with Crippen LogP contribution in [0.3, 0.4) is 0 Å². The summed E-state index contributed by atoms with van der Waals surface area (Å²) in [7, 11) is 0. The maximum absolute atomic E-state index is 5.95. The van der Waals surface area contributed by atoms with Crippen LogP contribution in [0.25, 0.3) is 11.0 Å². The Morgan fingerprint density at radius 3 is 2.61 bits per heavy atom. The average Bonchev–Trinajstić information content (AvgIpc) is 2.83. The molecular weight excluding hydrogens is 226 g/mol. The second kappa shape index (κ2) is 3.99. The Bertz CT molecular complexity index is 577. The van der Waals surface area contributed by atoms with Crippen molar-refractivity contribution in [1.29, 1.82) is 0 Å². The molecular formula is C14H19N3O. The molecule has 1 fully saturated rings. The summed E-state index contributed by atoms with van der Waals surface area (Å²) >= 11 is 0. The number of nitrogens with two attached hydrogens (primary N) is 1. The van der Waals surface area contributed by atoms with Gasteiger partial charge in [-0.3, -0.25) is 0 Å². The lowest BCUT2D eigenvalue weighted by Crippen LogP contribution is -2.16. The summed E-state index contributed by atoms with van der Waals surface area (Å²) in [5, 5.41) is 0. The highest BCUT2D eigenvalue weighted by Gasteiger charge is 2.39. The van der Waals surface area contributed by atoms with Crippen molar-refractivity contribution >= 4 is 16.7 Å². The zero-order valence-corrected chi connectivity index (χ0v) is 11.0. The largest absolute Gasteiger partial charge is 0.397 e. The van der Waals surface area contributed by atoms with Gasteiger partial charge in [0.25, 0.3) is 0 Å². The Morgan fingerprint density at radius 2 is 2.00 bits per heavy atom. The van der Waals surface area contributed by atoms with Crippen molar-refractivity contribution in [1.82, 2.24) is 9.97 Å². The van der Waals surface area contributed by atoms with Gasteiger partial charge in [-0.2, -0.15) is 0 Å². The van der Waals surface area contributed by atoms with Gasteiger partial charge in [-0.15, -0.1) is 0 Å². The molecule has 3 N–H and O–H groups in total. The van der Waals surface area contributed by atoms with Crippen molar-refractivity contribution in [3.63, 3.8) is 0 Å². The van der Waals surface area contributed by atoms with Gasteiger partial charge < -0.3 is 15.5 Å². The van der Waals surface area contributed by atoms with Crippen LogP contribution in [0.15, 0.2) is 18.2 Å². The number of rotatable bonds is 1. The fourth-order valence-electron chi connectivity index (χ4n) is 2.97. The Morgan fingerprint density at radius 1 is 1.22 bits per heavy atom. The van der Waals surface area contributed by atoms with Crippen molar-refractivity contribution < 1.29 is 4.74 Å². The molecule has 0 bridgehead atoms. The highest BCUT2D eigenvalue weighted by Crippen LogP contribution is 2.39. The van der Waals surface area contributed by atoms with Crippen molar-refractivity contribution in [3.05, 3.63) is 24.0 Å². The number of aromatic nitrogens is 2. The first-order valence-corrected chi connectivity index (χ1v) is 6.47. The molecule has 0 amide bonds. The van der Waals surface area contributed by atoms with Crippen molar-refractivity contribution in [2.45, 2.75) is 38.9 Å². The van der Waals surface area contributed by atoms with Crippen LogP contribution < -0.4 is 5.73 Å². The molecule has 2 aromatic rings. The third-order valence-electron chi connectivity index (χ3n) is 4.12. The first-order valence-electron chi connectivity index (χ1n) is 6.47. The van der Waals surface area contributed by atoms with E-state index in [0.29, 0.717) is 11.8 Å². The summed E-state index contributed by atoms with van der Waals surface area (Å²) in [5.41, 5.74) is 8.55. The number of para-hydroxylation sites is 1. The summed E-state index contributed by atoms with van der Waals surface area (Å²) in [5.74, 6) is 1.76. The number of ether oxygens (including phenoxy) is 1. The Labute approximate surface area is 107 Å². The second-order valence-corrected chi connectivity index (χ2v) is 5.30. The van der Waals surface area contributed by atoms with E-state index in [-0.39, 0.29) is 12.2 Å². The Hall–Kier alpha value is -1.55. The molecule has 1 aliphatic heterocycles. The summed E-state index contributed by atoms with van der Waals surface area (Å²) in [6, 6.07) is 5.84. The predicted octanol–water partition coefficient (Wildman–Crippen LogP) is 2.67. The molecule has 2 heterocycles. The van der Waals surface area contributed by atoms with Gasteiger partial charge in [0, 0.05) is 5.92 Å². The van der Waals surface area contributed by atoms with E-state index in [0.717, 1.165) is 22.5 Å². The van der Waals surface area contributed by atoms with Gasteiger partial charge in [0.15, 0.2) is 0 Å². The summed E-state index contributed by atoms with van der Waals surface area (Å²) < 4.78 is 5.88. The molecule has 0 spiro atoms. The number of anilines is 1. The minimum Gasteiger partial charge on any atom is -0.397 e. The minimum atomic E-state index is 0.191. The van der Waals surface area contributed by atoms with E-state index in [4.69, 9.17) is 10.5 Å². The highest BCUT2D eigenvalue weighted by atomic mass is 16.5. The van der Waals surface area contributed by atoms with Crippen molar-refractivity contribution in [3.8, 4) is 0 Å². The minimum absolute atomic E-state index is 0.191. The van der Waals surface area contributed by atoms with Crippen molar-refractivity contribution in [2.75, 3.05) is 5.73 Å². The van der Waals surface area contributed by atoms with Gasteiger partial charge in [0.05, 0.1) is 23.4 Å². The topological polar surface area (TPSA) is 63.9 Å². The summed E-state index contributed by atoms with van der Waals surface area (Å²) in [4.78, 5) is 8.06. The van der Waals surface area contributed by atoms with Crippen molar-refractivity contribution in [2.24, 2.45) is 5.92 Å². The average molecular weight is 245 g/mol. The van der Waals surface area contributed by atoms with E-state index in [2.05, 4.69) is 30.7 Å². The number of hydrogen-bond donors (Lipinski definition) is 2. The Kier molecular flexibility index (Phi) is 2.55. The van der Waals surface area contributed by atoms with Crippen LogP contribution in [0, 0.1) is 5.92 Å². The highest BCUT2D eigenvalue weighted by molar-refractivity contribution is 5.86. The van der Waals surface area contributed by atoms with Crippen LogP contribution >= 0.6 is 0 Å². The molecule has 96 valence electrons. The van der Waals surface area contributed by atoms with Crippen LogP contribution in [-0.2, 0) is 4.74 Å². The lowest BCUT2D eigenvalue weighted by molar-refractivity contribution is 0.0554. The summed E-state index contributed by atoms with van der Waals surface area (Å²) in [6.45, 7) is 6.45. The molecule has 4 unspecified atom stereocenters. The van der Waals surface area contributed by atoms with Crippen LogP contribution in [0.1, 0.15) is 32.5 Å². The first-order chi connectivity index (χ1) is 8.58. The van der Waals surface area contributed by atoms with E-state index in [9.17, 15) is 0 Å². The molecule has 4 atom stereocenters. The third-order valence-corrected chi connectivity index (χ3v) is 4.12. The van der Waals surface area contributed by atoms with Gasteiger partial charge in [0.2, 0.25) is 0 Å². The number of fused-ring (bicyclic) bond motifs is 1. The molecule has 0 saturated carbocycles. The molecule has 1 saturated heterocycles. The lowest BCUT2D eigenvalue weighted by atomic mass is 9.89. The van der Waals surface area contributed by atoms with Crippen LogP contribution in [0.2, 0.25) is 0 Å². The zero-order valence-electron chi connectivity index (χ0n) is 11.0. The molecule has 1 aromatic carbocycles. The number of hydrogen-bond acceptors (Lipinski definition) is 3. The number of benzene rings is 1. The number of nitrogen functional groups attached to an aromatic ring is 1. The SMILES string of the molecule is CC1OC(C)C(c2nc3c(N)cccc3[nH]2)C1C. The normalized spacial score (nSPS) is 32.2. The molecule has 1 aromatic heterocycles. The predicted molar refractivity (Wildman–Crippen MR) is 72.4 cm³/mol. The first kappa shape index (κ1) is 11.5. The number of imidazole rings is 1. The number of aromatic amines is 1. The van der Waals surface area contributed by atoms with Crippen LogP contribution in [0.4, 0.5) is 5.69 Å². The standard InChI is InChI=1S/C14H19N3O/c1-7-8(2)18-9(3)12(7)14-16-11-6-4-5-10(15)13(11)17-14/h4-9,12H,15H2,1-3H3,(H,16,17). The van der Waals surface area contributed by atoms with E-state index in [1.54, 1.807) is 0 Å². The van der Waals surface area contributed by atoms with Gasteiger partial charge in [-0.05, 0) is 31.9 Å². The summed E-state index contributed by atoms with van der Waals surface area (Å²) in [6.07, 6.45) is 0.465. The smallest absolute Gasteiger partial charge is 0.113 e. The van der Waals surface area contributed by atoms with Gasteiger partial charge >= 0.3 is 0 Å². The quantitative estimate of drug-likeness (QED) is 0.759. The maximum atomic E-state index is 5.95. The monoisotopic (exact) mass is 245 g/mol. The molecule has 0 radical (unpaired) electrons. The fourth-order valence-corrected chi connectivity index (χ4v) is 2.97. The van der Waals surface area contributed by atoms with E-state index < -0.39 is 0 Å². The van der Waals surface area contributed by atoms with E-state index >= 15 is 0 Å². The van der Waals surface area contributed by atoms with Gasteiger partial charge in [0.1, 0.15) is 11.3 Å². The molecule has 3 rings (SSSR count). The molecule has 1 aliphatic rings. The Balaban J connectivity index is 2.07.